The number of methoxy groups -OCH3 is 4. The average Bonchev–Trinajstić information content (AvgIpc) is 2.80. The van der Waals surface area contributed by atoms with Crippen LogP contribution >= 0.6 is 0 Å². The van der Waals surface area contributed by atoms with E-state index < -0.39 is 0 Å². The van der Waals surface area contributed by atoms with Crippen molar-refractivity contribution in [2.75, 3.05) is 28.4 Å². The first kappa shape index (κ1) is 22.1. The van der Waals surface area contributed by atoms with Gasteiger partial charge >= 0.3 is 0 Å². The van der Waals surface area contributed by atoms with Crippen LogP contribution in [-0.4, -0.2) is 28.4 Å². The van der Waals surface area contributed by atoms with Crippen LogP contribution in [0.1, 0.15) is 11.1 Å². The molecule has 0 heterocycles. The maximum absolute atomic E-state index is 9.32. The van der Waals surface area contributed by atoms with E-state index in [0.717, 1.165) is 11.1 Å². The van der Waals surface area contributed by atoms with Crippen LogP contribution < -0.4 is 18.9 Å². The molecule has 0 bridgehead atoms. The Morgan fingerprint density at radius 3 is 1.40 bits per heavy atom. The largest absolute Gasteiger partial charge is 0.493 e. The fourth-order valence-electron chi connectivity index (χ4n) is 2.66. The number of nitrogens with zero attached hydrogens (tertiary/aromatic N) is 2. The molecule has 0 aliphatic heterocycles. The number of benzene rings is 2. The third-order valence-corrected chi connectivity index (χ3v) is 4.24. The topological polar surface area (TPSA) is 84.5 Å². The Labute approximate surface area is 176 Å². The summed E-state index contributed by atoms with van der Waals surface area (Å²) in [5, 5.41) is 18.6. The first-order valence-corrected chi connectivity index (χ1v) is 8.94. The van der Waals surface area contributed by atoms with Crippen LogP contribution in [0, 0.1) is 22.7 Å². The molecule has 30 heavy (non-hydrogen) atoms. The third-order valence-electron chi connectivity index (χ3n) is 4.24. The van der Waals surface area contributed by atoms with Crippen molar-refractivity contribution in [3.05, 3.63) is 70.8 Å². The molecule has 2 aromatic carbocycles. The van der Waals surface area contributed by atoms with Gasteiger partial charge < -0.3 is 18.9 Å². The number of rotatable bonds is 8. The average molecular weight is 402 g/mol. The molecule has 6 heteroatoms. The van der Waals surface area contributed by atoms with Crippen LogP contribution in [0.3, 0.4) is 0 Å². The summed E-state index contributed by atoms with van der Waals surface area (Å²) in [7, 11) is 6.26. The van der Waals surface area contributed by atoms with E-state index in [4.69, 9.17) is 18.9 Å². The first-order valence-electron chi connectivity index (χ1n) is 8.94. The molecule has 0 aliphatic rings. The highest BCUT2D eigenvalue weighted by molar-refractivity contribution is 5.66. The zero-order valence-corrected chi connectivity index (χ0v) is 17.3. The Balaban J connectivity index is 2.38. The fraction of sp³-hybridized carbons (Fsp3) is 0.167. The van der Waals surface area contributed by atoms with Crippen LogP contribution in [0.15, 0.2) is 59.7 Å². The summed E-state index contributed by atoms with van der Waals surface area (Å²) in [5.41, 5.74) is 2.15. The van der Waals surface area contributed by atoms with E-state index in [1.54, 1.807) is 64.9 Å². The van der Waals surface area contributed by atoms with Crippen LogP contribution in [0.5, 0.6) is 23.0 Å². The van der Waals surface area contributed by atoms with Gasteiger partial charge in [-0.25, -0.2) is 0 Å². The minimum Gasteiger partial charge on any atom is -0.493 e. The van der Waals surface area contributed by atoms with Gasteiger partial charge in [0.1, 0.15) is 17.7 Å². The van der Waals surface area contributed by atoms with E-state index in [9.17, 15) is 10.5 Å². The zero-order chi connectivity index (χ0) is 21.9. The molecular formula is C24H22N2O4. The van der Waals surface area contributed by atoms with Crippen LogP contribution in [0.25, 0.3) is 12.2 Å². The number of hydrogen-bond acceptors (Lipinski definition) is 6. The molecule has 0 saturated heterocycles. The van der Waals surface area contributed by atoms with Gasteiger partial charge in [-0.1, -0.05) is 36.4 Å². The van der Waals surface area contributed by atoms with E-state index in [1.165, 1.54) is 0 Å². The van der Waals surface area contributed by atoms with Crippen molar-refractivity contribution in [1.29, 1.82) is 10.5 Å². The normalized spacial score (nSPS) is 10.3. The van der Waals surface area contributed by atoms with Crippen molar-refractivity contribution < 1.29 is 18.9 Å². The second-order valence-corrected chi connectivity index (χ2v) is 5.95. The quantitative estimate of drug-likeness (QED) is 0.466. The molecule has 2 aromatic rings. The van der Waals surface area contributed by atoms with Gasteiger partial charge in [-0.3, -0.25) is 0 Å². The monoisotopic (exact) mass is 402 g/mol. The maximum atomic E-state index is 9.32. The van der Waals surface area contributed by atoms with E-state index >= 15 is 0 Å². The van der Waals surface area contributed by atoms with Crippen LogP contribution in [0.2, 0.25) is 0 Å². The van der Waals surface area contributed by atoms with Gasteiger partial charge in [-0.15, -0.1) is 0 Å². The zero-order valence-electron chi connectivity index (χ0n) is 17.3. The Hall–Kier alpha value is -4.16. The molecule has 0 amide bonds. The van der Waals surface area contributed by atoms with Crippen molar-refractivity contribution in [3.8, 4) is 35.1 Å². The van der Waals surface area contributed by atoms with Gasteiger partial charge in [-0.2, -0.15) is 10.5 Å². The molecule has 0 fully saturated rings. The van der Waals surface area contributed by atoms with Gasteiger partial charge in [0.05, 0.1) is 28.4 Å². The Bertz CT molecular complexity index is 986. The van der Waals surface area contributed by atoms with Crippen LogP contribution in [0.4, 0.5) is 0 Å². The lowest BCUT2D eigenvalue weighted by Crippen LogP contribution is -1.91. The minimum atomic E-state index is 0.00320. The summed E-state index contributed by atoms with van der Waals surface area (Å²) in [4.78, 5) is 0. The molecule has 0 N–H and O–H groups in total. The van der Waals surface area contributed by atoms with E-state index in [2.05, 4.69) is 0 Å². The highest BCUT2D eigenvalue weighted by Gasteiger charge is 2.05. The molecule has 0 saturated carbocycles. The second kappa shape index (κ2) is 11.0. The standard InChI is InChI=1S/C24H22N2O4/c1-27-21-11-7-17(13-23(21)29-3)5-9-19(20(15-25)16-26)10-6-18-8-12-22(28-2)24(14-18)30-4/h5-14H,1-4H3. The van der Waals surface area contributed by atoms with Crippen molar-refractivity contribution in [1.82, 2.24) is 0 Å². The molecule has 2 rings (SSSR count). The summed E-state index contributed by atoms with van der Waals surface area (Å²) in [6.07, 6.45) is 7.01. The molecule has 0 aliphatic carbocycles. The van der Waals surface area contributed by atoms with E-state index in [-0.39, 0.29) is 5.57 Å². The van der Waals surface area contributed by atoms with Gasteiger partial charge in [0, 0.05) is 5.57 Å². The smallest absolute Gasteiger partial charge is 0.161 e. The highest BCUT2D eigenvalue weighted by atomic mass is 16.5. The van der Waals surface area contributed by atoms with Crippen molar-refractivity contribution in [2.24, 2.45) is 0 Å². The molecule has 6 nitrogen and oxygen atoms in total. The highest BCUT2D eigenvalue weighted by Crippen LogP contribution is 2.29. The summed E-state index contributed by atoms with van der Waals surface area (Å²) >= 11 is 0. The van der Waals surface area contributed by atoms with Crippen molar-refractivity contribution in [2.45, 2.75) is 0 Å². The minimum absolute atomic E-state index is 0.00320. The number of allylic oxidation sites excluding steroid dienone is 4. The summed E-state index contributed by atoms with van der Waals surface area (Å²) in [6, 6.07) is 14.8. The maximum Gasteiger partial charge on any atom is 0.161 e. The SMILES string of the molecule is COc1ccc(C=CC(C=Cc2ccc(OC)c(OC)c2)=C(C#N)C#N)cc1OC. The Morgan fingerprint density at radius 1 is 0.667 bits per heavy atom. The summed E-state index contributed by atoms with van der Waals surface area (Å²) in [5.74, 6) is 2.42. The molecule has 0 atom stereocenters. The summed E-state index contributed by atoms with van der Waals surface area (Å²) < 4.78 is 21.1. The van der Waals surface area contributed by atoms with Crippen molar-refractivity contribution in [3.63, 3.8) is 0 Å². The van der Waals surface area contributed by atoms with Gasteiger partial charge in [0.15, 0.2) is 23.0 Å². The third kappa shape index (κ3) is 5.43. The molecule has 0 spiro atoms. The van der Waals surface area contributed by atoms with Crippen LogP contribution in [-0.2, 0) is 0 Å². The Kier molecular flexibility index (Phi) is 8.11. The lowest BCUT2D eigenvalue weighted by molar-refractivity contribution is 0.355. The first-order chi connectivity index (χ1) is 14.6. The van der Waals surface area contributed by atoms with Gasteiger partial charge in [0.25, 0.3) is 0 Å². The lowest BCUT2D eigenvalue weighted by atomic mass is 10.1. The fourth-order valence-corrected chi connectivity index (χ4v) is 2.66. The van der Waals surface area contributed by atoms with Gasteiger partial charge in [0.2, 0.25) is 0 Å². The summed E-state index contributed by atoms with van der Waals surface area (Å²) in [6.45, 7) is 0. The lowest BCUT2D eigenvalue weighted by Gasteiger charge is -2.08. The predicted molar refractivity (Wildman–Crippen MR) is 115 cm³/mol. The number of hydrogen-bond donors (Lipinski definition) is 0. The molecule has 0 aromatic heterocycles. The number of nitriles is 2. The van der Waals surface area contributed by atoms with E-state index in [0.29, 0.717) is 28.6 Å². The molecule has 152 valence electrons. The second-order valence-electron chi connectivity index (χ2n) is 5.95. The molecule has 0 unspecified atom stereocenters. The van der Waals surface area contributed by atoms with Crippen molar-refractivity contribution >= 4 is 12.2 Å². The molecular weight excluding hydrogens is 380 g/mol. The molecule has 0 radical (unpaired) electrons. The predicted octanol–water partition coefficient (Wildman–Crippen LogP) is 4.79. The number of ether oxygens (including phenoxy) is 4. The Morgan fingerprint density at radius 2 is 1.07 bits per heavy atom. The van der Waals surface area contributed by atoms with Gasteiger partial charge in [-0.05, 0) is 35.4 Å². The van der Waals surface area contributed by atoms with E-state index in [1.807, 2.05) is 36.4 Å².